The minimum absolute atomic E-state index is 0.0140. The second-order valence-corrected chi connectivity index (χ2v) is 7.68. The lowest BCUT2D eigenvalue weighted by Gasteiger charge is -2.39. The molecule has 0 radical (unpaired) electrons. The van der Waals surface area contributed by atoms with E-state index in [-0.39, 0.29) is 17.2 Å². The van der Waals surface area contributed by atoms with Crippen LogP contribution in [0.3, 0.4) is 0 Å². The average molecular weight is 351 g/mol. The summed E-state index contributed by atoms with van der Waals surface area (Å²) in [6.07, 6.45) is 1.87. The molecule has 1 unspecified atom stereocenters. The van der Waals surface area contributed by atoms with Crippen LogP contribution in [-0.2, 0) is 16.6 Å². The summed E-state index contributed by atoms with van der Waals surface area (Å²) in [5.74, 6) is 0.111. The van der Waals surface area contributed by atoms with Crippen LogP contribution < -0.4 is 10.2 Å². The summed E-state index contributed by atoms with van der Waals surface area (Å²) in [5.41, 5.74) is 4.61. The third-order valence-corrected chi connectivity index (χ3v) is 5.86. The van der Waals surface area contributed by atoms with Gasteiger partial charge in [-0.1, -0.05) is 38.1 Å². The molecule has 138 valence electrons. The second-order valence-electron chi connectivity index (χ2n) is 7.68. The van der Waals surface area contributed by atoms with Crippen LogP contribution in [0.4, 0.5) is 11.4 Å². The molecular weight excluding hydrogens is 320 g/mol. The SMILES string of the molecule is CCN(CC)c1ccc(NC(=O)C2CCc3ccccc3C2(C)C)cc1. The molecule has 1 aliphatic rings. The predicted octanol–water partition coefficient (Wildman–Crippen LogP) is 5.01. The number of amides is 1. The number of fused-ring (bicyclic) bond motifs is 1. The Kier molecular flexibility index (Phi) is 5.36. The lowest BCUT2D eigenvalue weighted by Crippen LogP contribution is -2.41. The van der Waals surface area contributed by atoms with E-state index in [9.17, 15) is 4.79 Å². The largest absolute Gasteiger partial charge is 0.372 e. The number of carbonyl (C=O) groups excluding carboxylic acids is 1. The molecule has 0 bridgehead atoms. The first-order valence-electron chi connectivity index (χ1n) is 9.71. The highest BCUT2D eigenvalue weighted by atomic mass is 16.1. The quantitative estimate of drug-likeness (QED) is 0.822. The fraction of sp³-hybridized carbons (Fsp3) is 0.435. The molecule has 26 heavy (non-hydrogen) atoms. The van der Waals surface area contributed by atoms with Gasteiger partial charge in [0.2, 0.25) is 5.91 Å². The van der Waals surface area contributed by atoms with E-state index in [2.05, 4.69) is 74.3 Å². The summed E-state index contributed by atoms with van der Waals surface area (Å²) in [6, 6.07) is 16.7. The van der Waals surface area contributed by atoms with Crippen LogP contribution in [0.1, 0.15) is 45.2 Å². The Morgan fingerprint density at radius 2 is 1.73 bits per heavy atom. The smallest absolute Gasteiger partial charge is 0.228 e. The maximum atomic E-state index is 13.0. The van der Waals surface area contributed by atoms with E-state index >= 15 is 0 Å². The van der Waals surface area contributed by atoms with Crippen LogP contribution in [0.15, 0.2) is 48.5 Å². The number of nitrogens with zero attached hydrogens (tertiary/aromatic N) is 1. The van der Waals surface area contributed by atoms with Crippen molar-refractivity contribution < 1.29 is 4.79 Å². The minimum Gasteiger partial charge on any atom is -0.372 e. The average Bonchev–Trinajstić information content (AvgIpc) is 2.64. The molecule has 1 N–H and O–H groups in total. The summed E-state index contributed by atoms with van der Waals surface area (Å²) in [4.78, 5) is 15.3. The van der Waals surface area contributed by atoms with Gasteiger partial charge in [0.15, 0.2) is 0 Å². The van der Waals surface area contributed by atoms with Crippen molar-refractivity contribution in [2.45, 2.75) is 46.0 Å². The first-order chi connectivity index (χ1) is 12.5. The molecule has 0 spiro atoms. The Morgan fingerprint density at radius 3 is 2.38 bits per heavy atom. The van der Waals surface area contributed by atoms with Crippen LogP contribution in [0.25, 0.3) is 0 Å². The van der Waals surface area contributed by atoms with Gasteiger partial charge in [-0.15, -0.1) is 0 Å². The minimum atomic E-state index is -0.153. The zero-order chi connectivity index (χ0) is 18.7. The molecule has 0 fully saturated rings. The number of aryl methyl sites for hydroxylation is 1. The van der Waals surface area contributed by atoms with Crippen molar-refractivity contribution in [3.8, 4) is 0 Å². The molecule has 0 saturated heterocycles. The van der Waals surface area contributed by atoms with Crippen molar-refractivity contribution >= 4 is 17.3 Å². The van der Waals surface area contributed by atoms with Gasteiger partial charge in [-0.05, 0) is 62.1 Å². The second kappa shape index (κ2) is 7.53. The van der Waals surface area contributed by atoms with Gasteiger partial charge in [0.1, 0.15) is 0 Å². The molecule has 0 aliphatic heterocycles. The zero-order valence-corrected chi connectivity index (χ0v) is 16.4. The number of anilines is 2. The molecule has 3 heteroatoms. The van der Waals surface area contributed by atoms with Gasteiger partial charge < -0.3 is 10.2 Å². The summed E-state index contributed by atoms with van der Waals surface area (Å²) < 4.78 is 0. The summed E-state index contributed by atoms with van der Waals surface area (Å²) in [6.45, 7) is 10.7. The van der Waals surface area contributed by atoms with E-state index < -0.39 is 0 Å². The van der Waals surface area contributed by atoms with Crippen molar-refractivity contribution in [2.75, 3.05) is 23.3 Å². The van der Waals surface area contributed by atoms with Gasteiger partial charge >= 0.3 is 0 Å². The van der Waals surface area contributed by atoms with Crippen molar-refractivity contribution in [2.24, 2.45) is 5.92 Å². The van der Waals surface area contributed by atoms with Crippen LogP contribution in [0, 0.1) is 5.92 Å². The third kappa shape index (κ3) is 3.48. The third-order valence-electron chi connectivity index (χ3n) is 5.86. The Hall–Kier alpha value is -2.29. The van der Waals surface area contributed by atoms with E-state index in [0.717, 1.165) is 31.6 Å². The number of hydrogen-bond acceptors (Lipinski definition) is 2. The standard InChI is InChI=1S/C23H30N2O/c1-5-25(6-2)19-14-12-18(13-15-19)24-22(26)21-16-11-17-9-7-8-10-20(17)23(21,3)4/h7-10,12-15,21H,5-6,11,16H2,1-4H3,(H,24,26). The molecular formula is C23H30N2O. The summed E-state index contributed by atoms with van der Waals surface area (Å²) >= 11 is 0. The van der Waals surface area contributed by atoms with Crippen molar-refractivity contribution in [3.63, 3.8) is 0 Å². The molecule has 2 aromatic carbocycles. The molecule has 2 aromatic rings. The fourth-order valence-corrected chi connectivity index (χ4v) is 4.25. The first-order valence-corrected chi connectivity index (χ1v) is 9.71. The van der Waals surface area contributed by atoms with Crippen molar-refractivity contribution in [1.29, 1.82) is 0 Å². The monoisotopic (exact) mass is 350 g/mol. The van der Waals surface area contributed by atoms with Gasteiger partial charge in [0.25, 0.3) is 0 Å². The van der Waals surface area contributed by atoms with Gasteiger partial charge in [-0.3, -0.25) is 4.79 Å². The zero-order valence-electron chi connectivity index (χ0n) is 16.4. The highest BCUT2D eigenvalue weighted by Crippen LogP contribution is 2.41. The number of carbonyl (C=O) groups is 1. The van der Waals surface area contributed by atoms with Gasteiger partial charge in [0, 0.05) is 35.8 Å². The number of benzene rings is 2. The Bertz CT molecular complexity index is 760. The van der Waals surface area contributed by atoms with E-state index in [0.29, 0.717) is 0 Å². The van der Waals surface area contributed by atoms with E-state index in [4.69, 9.17) is 0 Å². The summed E-state index contributed by atoms with van der Waals surface area (Å²) in [5, 5.41) is 3.14. The molecule has 3 rings (SSSR count). The lowest BCUT2D eigenvalue weighted by atomic mass is 9.65. The molecule has 1 atom stereocenters. The highest BCUT2D eigenvalue weighted by Gasteiger charge is 2.40. The highest BCUT2D eigenvalue weighted by molar-refractivity contribution is 5.94. The van der Waals surface area contributed by atoms with Crippen LogP contribution >= 0.6 is 0 Å². The maximum Gasteiger partial charge on any atom is 0.228 e. The lowest BCUT2D eigenvalue weighted by molar-refractivity contribution is -0.122. The predicted molar refractivity (Wildman–Crippen MR) is 110 cm³/mol. The molecule has 1 amide bonds. The molecule has 1 aliphatic carbocycles. The van der Waals surface area contributed by atoms with Crippen LogP contribution in [0.2, 0.25) is 0 Å². The molecule has 0 heterocycles. The van der Waals surface area contributed by atoms with Crippen LogP contribution in [0.5, 0.6) is 0 Å². The summed E-state index contributed by atoms with van der Waals surface area (Å²) in [7, 11) is 0. The van der Waals surface area contributed by atoms with E-state index in [1.54, 1.807) is 0 Å². The van der Waals surface area contributed by atoms with Gasteiger partial charge in [-0.2, -0.15) is 0 Å². The van der Waals surface area contributed by atoms with Crippen molar-refractivity contribution in [3.05, 3.63) is 59.7 Å². The number of rotatable bonds is 5. The Balaban J connectivity index is 1.74. The van der Waals surface area contributed by atoms with E-state index in [1.165, 1.54) is 16.8 Å². The molecule has 0 aromatic heterocycles. The Morgan fingerprint density at radius 1 is 1.08 bits per heavy atom. The molecule has 0 saturated carbocycles. The number of nitrogens with one attached hydrogen (secondary N) is 1. The fourth-order valence-electron chi connectivity index (χ4n) is 4.25. The van der Waals surface area contributed by atoms with Crippen molar-refractivity contribution in [1.82, 2.24) is 0 Å². The first kappa shape index (κ1) is 18.5. The van der Waals surface area contributed by atoms with E-state index in [1.807, 2.05) is 12.1 Å². The normalized spacial score (nSPS) is 18.1. The van der Waals surface area contributed by atoms with Crippen LogP contribution in [-0.4, -0.2) is 19.0 Å². The number of hydrogen-bond donors (Lipinski definition) is 1. The topological polar surface area (TPSA) is 32.3 Å². The Labute approximate surface area is 157 Å². The van der Waals surface area contributed by atoms with Gasteiger partial charge in [0.05, 0.1) is 0 Å². The molecule has 3 nitrogen and oxygen atoms in total. The van der Waals surface area contributed by atoms with Gasteiger partial charge in [-0.25, -0.2) is 0 Å². The maximum absolute atomic E-state index is 13.0.